The van der Waals surface area contributed by atoms with E-state index in [9.17, 15) is 19.3 Å². The van der Waals surface area contributed by atoms with Gasteiger partial charge >= 0.3 is 0 Å². The van der Waals surface area contributed by atoms with Crippen molar-refractivity contribution < 1.29 is 14.1 Å². The summed E-state index contributed by atoms with van der Waals surface area (Å²) in [5.74, 6) is -1.64. The largest absolute Gasteiger partial charge is 0.298 e. The number of carbonyl (C=O) groups excluding carboxylic acids is 1. The minimum atomic E-state index is -0.945. The molecule has 1 N–H and O–H groups in total. The van der Waals surface area contributed by atoms with Crippen LogP contribution in [0.25, 0.3) is 0 Å². The molecule has 0 aliphatic rings. The standard InChI is InChI=1S/C14H14FN3O3S/c1-14(2,3)11-7-22-13(16-11)17-12(19)9-5-4-8(18(20)21)6-10(9)15/h4-7H,1-3H3,(H,16,17,19). The summed E-state index contributed by atoms with van der Waals surface area (Å²) in [6.07, 6.45) is 0. The number of aromatic nitrogens is 1. The Balaban J connectivity index is 2.19. The second kappa shape index (κ2) is 5.80. The van der Waals surface area contributed by atoms with Crippen molar-refractivity contribution in [3.63, 3.8) is 0 Å². The summed E-state index contributed by atoms with van der Waals surface area (Å²) >= 11 is 1.24. The zero-order valence-electron chi connectivity index (χ0n) is 12.2. The molecule has 0 aliphatic carbocycles. The summed E-state index contributed by atoms with van der Waals surface area (Å²) in [7, 11) is 0. The molecule has 1 amide bonds. The number of nitrogens with zero attached hydrogens (tertiary/aromatic N) is 2. The first-order chi connectivity index (χ1) is 10.2. The lowest BCUT2D eigenvalue weighted by Gasteiger charge is -2.14. The summed E-state index contributed by atoms with van der Waals surface area (Å²) in [6.45, 7) is 5.97. The van der Waals surface area contributed by atoms with Crippen LogP contribution in [0.1, 0.15) is 36.8 Å². The number of carbonyl (C=O) groups is 1. The van der Waals surface area contributed by atoms with Gasteiger partial charge in [-0.15, -0.1) is 11.3 Å². The molecule has 22 heavy (non-hydrogen) atoms. The van der Waals surface area contributed by atoms with Crippen LogP contribution in [0.4, 0.5) is 15.2 Å². The topological polar surface area (TPSA) is 85.1 Å². The second-order valence-corrected chi connectivity index (χ2v) is 6.52. The summed E-state index contributed by atoms with van der Waals surface area (Å²) in [5, 5.41) is 15.2. The normalized spacial score (nSPS) is 11.3. The van der Waals surface area contributed by atoms with Crippen LogP contribution in [-0.4, -0.2) is 15.8 Å². The first-order valence-corrected chi connectivity index (χ1v) is 7.28. The van der Waals surface area contributed by atoms with Crippen molar-refractivity contribution >= 4 is 28.1 Å². The van der Waals surface area contributed by atoms with Crippen LogP contribution in [0, 0.1) is 15.9 Å². The van der Waals surface area contributed by atoms with E-state index in [4.69, 9.17) is 0 Å². The van der Waals surface area contributed by atoms with Gasteiger partial charge in [0.15, 0.2) is 5.13 Å². The Morgan fingerprint density at radius 3 is 2.59 bits per heavy atom. The quantitative estimate of drug-likeness (QED) is 0.688. The van der Waals surface area contributed by atoms with Crippen LogP contribution in [0.2, 0.25) is 0 Å². The lowest BCUT2D eigenvalue weighted by Crippen LogP contribution is -2.15. The van der Waals surface area contributed by atoms with Crippen LogP contribution in [0.3, 0.4) is 0 Å². The maximum absolute atomic E-state index is 13.8. The molecule has 0 fully saturated rings. The third kappa shape index (κ3) is 3.45. The van der Waals surface area contributed by atoms with Crippen molar-refractivity contribution in [2.75, 3.05) is 5.32 Å². The number of halogens is 1. The predicted octanol–water partition coefficient (Wildman–Crippen LogP) is 3.74. The molecule has 0 bridgehead atoms. The zero-order valence-corrected chi connectivity index (χ0v) is 13.0. The smallest absolute Gasteiger partial charge is 0.272 e. The van der Waals surface area contributed by atoms with E-state index in [2.05, 4.69) is 10.3 Å². The average Bonchev–Trinajstić information content (AvgIpc) is 2.86. The van der Waals surface area contributed by atoms with Gasteiger partial charge in [0.2, 0.25) is 0 Å². The van der Waals surface area contributed by atoms with Gasteiger partial charge in [-0.1, -0.05) is 20.8 Å². The Kier molecular flexibility index (Phi) is 4.23. The van der Waals surface area contributed by atoms with Gasteiger partial charge in [0.1, 0.15) is 5.82 Å². The lowest BCUT2D eigenvalue weighted by atomic mass is 9.93. The van der Waals surface area contributed by atoms with E-state index < -0.39 is 22.3 Å². The number of nitro groups is 1. The van der Waals surface area contributed by atoms with Crippen LogP contribution in [-0.2, 0) is 5.41 Å². The molecule has 0 aliphatic heterocycles. The van der Waals surface area contributed by atoms with E-state index in [1.807, 2.05) is 26.2 Å². The molecule has 0 atom stereocenters. The Morgan fingerprint density at radius 1 is 1.41 bits per heavy atom. The predicted molar refractivity (Wildman–Crippen MR) is 81.8 cm³/mol. The van der Waals surface area contributed by atoms with E-state index in [1.165, 1.54) is 11.3 Å². The number of nitro benzene ring substituents is 1. The number of rotatable bonds is 3. The Bertz CT molecular complexity index is 737. The van der Waals surface area contributed by atoms with Crippen LogP contribution in [0.15, 0.2) is 23.6 Å². The molecule has 2 aromatic rings. The van der Waals surface area contributed by atoms with Crippen molar-refractivity contribution in [2.45, 2.75) is 26.2 Å². The van der Waals surface area contributed by atoms with Gasteiger partial charge in [0.25, 0.3) is 11.6 Å². The van der Waals surface area contributed by atoms with E-state index in [-0.39, 0.29) is 11.0 Å². The van der Waals surface area contributed by atoms with Crippen LogP contribution < -0.4 is 5.32 Å². The number of anilines is 1. The molecule has 0 radical (unpaired) electrons. The van der Waals surface area contributed by atoms with Gasteiger partial charge in [0.05, 0.1) is 22.2 Å². The number of amides is 1. The second-order valence-electron chi connectivity index (χ2n) is 5.66. The fourth-order valence-corrected chi connectivity index (χ4v) is 2.57. The summed E-state index contributed by atoms with van der Waals surface area (Å²) < 4.78 is 13.8. The van der Waals surface area contributed by atoms with Gasteiger partial charge in [-0.3, -0.25) is 20.2 Å². The fourth-order valence-electron chi connectivity index (χ4n) is 1.64. The molecule has 8 heteroatoms. The van der Waals surface area contributed by atoms with Crippen molar-refractivity contribution in [2.24, 2.45) is 0 Å². The maximum atomic E-state index is 13.8. The Labute approximate surface area is 130 Å². The van der Waals surface area contributed by atoms with Gasteiger partial charge in [-0.2, -0.15) is 0 Å². The molecule has 1 aromatic heterocycles. The third-order valence-corrected chi connectivity index (χ3v) is 3.66. The number of benzene rings is 1. The average molecular weight is 323 g/mol. The fraction of sp³-hybridized carbons (Fsp3) is 0.286. The summed E-state index contributed by atoms with van der Waals surface area (Å²) in [6, 6.07) is 2.89. The Hall–Kier alpha value is -2.35. The monoisotopic (exact) mass is 323 g/mol. The number of hydrogen-bond donors (Lipinski definition) is 1. The summed E-state index contributed by atoms with van der Waals surface area (Å²) in [4.78, 5) is 26.1. The first kappa shape index (κ1) is 16.0. The van der Waals surface area contributed by atoms with Crippen molar-refractivity contribution in [1.82, 2.24) is 4.98 Å². The van der Waals surface area contributed by atoms with Crippen molar-refractivity contribution in [3.8, 4) is 0 Å². The molecular formula is C14H14FN3O3S. The van der Waals surface area contributed by atoms with E-state index in [0.29, 0.717) is 5.13 Å². The van der Waals surface area contributed by atoms with Gasteiger partial charge in [-0.05, 0) is 6.07 Å². The molecule has 1 aromatic carbocycles. The number of thiazole rings is 1. The minimum Gasteiger partial charge on any atom is -0.298 e. The number of nitrogens with one attached hydrogen (secondary N) is 1. The highest BCUT2D eigenvalue weighted by molar-refractivity contribution is 7.14. The van der Waals surface area contributed by atoms with E-state index in [0.717, 1.165) is 23.9 Å². The highest BCUT2D eigenvalue weighted by Gasteiger charge is 2.20. The van der Waals surface area contributed by atoms with E-state index >= 15 is 0 Å². The molecule has 6 nitrogen and oxygen atoms in total. The first-order valence-electron chi connectivity index (χ1n) is 6.40. The van der Waals surface area contributed by atoms with Gasteiger partial charge in [-0.25, -0.2) is 9.37 Å². The molecule has 0 unspecified atom stereocenters. The molecule has 2 rings (SSSR count). The van der Waals surface area contributed by atoms with E-state index in [1.54, 1.807) is 0 Å². The summed E-state index contributed by atoms with van der Waals surface area (Å²) in [5.41, 5.74) is -0.00801. The van der Waals surface area contributed by atoms with Crippen LogP contribution >= 0.6 is 11.3 Å². The number of non-ortho nitro benzene ring substituents is 1. The molecule has 0 spiro atoms. The minimum absolute atomic E-state index is 0.155. The molecule has 116 valence electrons. The molecule has 0 saturated heterocycles. The lowest BCUT2D eigenvalue weighted by molar-refractivity contribution is -0.385. The highest BCUT2D eigenvalue weighted by Crippen LogP contribution is 2.27. The van der Waals surface area contributed by atoms with Gasteiger partial charge in [0, 0.05) is 16.9 Å². The molecular weight excluding hydrogens is 309 g/mol. The Morgan fingerprint density at radius 2 is 2.09 bits per heavy atom. The van der Waals surface area contributed by atoms with Crippen molar-refractivity contribution in [1.29, 1.82) is 0 Å². The number of hydrogen-bond acceptors (Lipinski definition) is 5. The third-order valence-electron chi connectivity index (χ3n) is 2.90. The SMILES string of the molecule is CC(C)(C)c1csc(NC(=O)c2ccc([N+](=O)[O-])cc2F)n1. The highest BCUT2D eigenvalue weighted by atomic mass is 32.1. The maximum Gasteiger partial charge on any atom is 0.272 e. The van der Waals surface area contributed by atoms with Crippen LogP contribution in [0.5, 0.6) is 0 Å². The van der Waals surface area contributed by atoms with Crippen molar-refractivity contribution in [3.05, 3.63) is 50.8 Å². The molecule has 1 heterocycles. The van der Waals surface area contributed by atoms with Gasteiger partial charge < -0.3 is 0 Å². The molecule has 0 saturated carbocycles. The zero-order chi connectivity index (χ0) is 16.5.